The van der Waals surface area contributed by atoms with Crippen molar-refractivity contribution in [1.82, 2.24) is 15.5 Å². The number of rotatable bonds is 5. The van der Waals surface area contributed by atoms with Gasteiger partial charge in [0.25, 0.3) is 5.91 Å². The summed E-state index contributed by atoms with van der Waals surface area (Å²) in [4.78, 5) is 39.4. The molecule has 0 unspecified atom stereocenters. The standard InChI is InChI=1S/C23H31N3O5/c1-14(2)20(16-4-5-17-18(12-16)31-11-10-30-17)24-19(27)13-26-21(28)23(25-22(26)29)8-6-15(3)7-9-23/h4-5,12,14-15,20H,6-11,13H2,1-3H3,(H,24,27)(H,25,29)/t15?,20-,23?/m0/s1. The maximum Gasteiger partial charge on any atom is 0.325 e. The van der Waals surface area contributed by atoms with E-state index in [0.29, 0.717) is 43.5 Å². The Morgan fingerprint density at radius 3 is 2.55 bits per heavy atom. The molecule has 8 heteroatoms. The van der Waals surface area contributed by atoms with Crippen molar-refractivity contribution >= 4 is 17.8 Å². The van der Waals surface area contributed by atoms with Crippen molar-refractivity contribution in [2.75, 3.05) is 19.8 Å². The average Bonchev–Trinajstić information content (AvgIpc) is 2.98. The predicted octanol–water partition coefficient (Wildman–Crippen LogP) is 2.77. The molecule has 168 valence electrons. The van der Waals surface area contributed by atoms with Crippen LogP contribution < -0.4 is 20.1 Å². The van der Waals surface area contributed by atoms with Crippen LogP contribution in [0.3, 0.4) is 0 Å². The number of carbonyl (C=O) groups is 3. The minimum Gasteiger partial charge on any atom is -0.486 e. The van der Waals surface area contributed by atoms with Gasteiger partial charge in [0.15, 0.2) is 11.5 Å². The van der Waals surface area contributed by atoms with Crippen molar-refractivity contribution in [3.63, 3.8) is 0 Å². The number of fused-ring (bicyclic) bond motifs is 1. The average molecular weight is 430 g/mol. The van der Waals surface area contributed by atoms with Gasteiger partial charge in [0, 0.05) is 0 Å². The summed E-state index contributed by atoms with van der Waals surface area (Å²) < 4.78 is 11.2. The predicted molar refractivity (Wildman–Crippen MR) is 114 cm³/mol. The molecule has 1 saturated heterocycles. The summed E-state index contributed by atoms with van der Waals surface area (Å²) in [5.41, 5.74) is 0.0551. The van der Waals surface area contributed by atoms with Gasteiger partial charge in [-0.1, -0.05) is 26.8 Å². The zero-order valence-electron chi connectivity index (χ0n) is 18.4. The fourth-order valence-electron chi connectivity index (χ4n) is 4.66. The summed E-state index contributed by atoms with van der Waals surface area (Å²) in [7, 11) is 0. The SMILES string of the molecule is CC1CCC2(CC1)NC(=O)N(CC(=O)N[C@H](c1ccc3c(c1)OCCO3)C(C)C)C2=O. The fourth-order valence-corrected chi connectivity index (χ4v) is 4.66. The molecule has 8 nitrogen and oxygen atoms in total. The number of ether oxygens (including phenoxy) is 2. The van der Waals surface area contributed by atoms with Crippen molar-refractivity contribution in [3.8, 4) is 11.5 Å². The Morgan fingerprint density at radius 1 is 1.19 bits per heavy atom. The van der Waals surface area contributed by atoms with Crippen molar-refractivity contribution in [2.45, 2.75) is 58.0 Å². The molecule has 1 aliphatic carbocycles. The van der Waals surface area contributed by atoms with Crippen molar-refractivity contribution in [3.05, 3.63) is 23.8 Å². The fraction of sp³-hybridized carbons (Fsp3) is 0.609. The third kappa shape index (κ3) is 4.20. The van der Waals surface area contributed by atoms with Crippen LogP contribution >= 0.6 is 0 Å². The first kappa shape index (κ1) is 21.5. The van der Waals surface area contributed by atoms with Crippen LogP contribution in [0.25, 0.3) is 0 Å². The first-order valence-electron chi connectivity index (χ1n) is 11.1. The molecular formula is C23H31N3O5. The second-order valence-corrected chi connectivity index (χ2v) is 9.28. The van der Waals surface area contributed by atoms with Crippen LogP contribution in [0.2, 0.25) is 0 Å². The van der Waals surface area contributed by atoms with Gasteiger partial charge >= 0.3 is 6.03 Å². The molecule has 1 saturated carbocycles. The van der Waals surface area contributed by atoms with Crippen LogP contribution in [0.5, 0.6) is 11.5 Å². The smallest absolute Gasteiger partial charge is 0.325 e. The molecule has 2 N–H and O–H groups in total. The summed E-state index contributed by atoms with van der Waals surface area (Å²) >= 11 is 0. The molecule has 0 aromatic heterocycles. The molecule has 2 fully saturated rings. The maximum absolute atomic E-state index is 13.0. The monoisotopic (exact) mass is 429 g/mol. The lowest BCUT2D eigenvalue weighted by Crippen LogP contribution is -2.50. The van der Waals surface area contributed by atoms with Crippen LogP contribution in [-0.2, 0) is 9.59 Å². The number of urea groups is 1. The Hall–Kier alpha value is -2.77. The highest BCUT2D eigenvalue weighted by Crippen LogP contribution is 2.37. The Balaban J connectivity index is 1.44. The molecule has 2 aliphatic heterocycles. The van der Waals surface area contributed by atoms with Gasteiger partial charge in [0.1, 0.15) is 25.3 Å². The number of amides is 4. The van der Waals surface area contributed by atoms with E-state index >= 15 is 0 Å². The highest BCUT2D eigenvalue weighted by Gasteiger charge is 2.52. The summed E-state index contributed by atoms with van der Waals surface area (Å²) in [6.07, 6.45) is 3.04. The van der Waals surface area contributed by atoms with Crippen LogP contribution in [0.4, 0.5) is 4.79 Å². The van der Waals surface area contributed by atoms with Crippen LogP contribution in [0.1, 0.15) is 58.1 Å². The Bertz CT molecular complexity index is 876. The number of nitrogens with zero attached hydrogens (tertiary/aromatic N) is 1. The number of imide groups is 1. The number of hydrogen-bond acceptors (Lipinski definition) is 5. The van der Waals surface area contributed by atoms with E-state index in [1.807, 2.05) is 32.0 Å². The molecule has 3 aliphatic rings. The molecule has 4 rings (SSSR count). The highest BCUT2D eigenvalue weighted by atomic mass is 16.6. The second-order valence-electron chi connectivity index (χ2n) is 9.28. The summed E-state index contributed by atoms with van der Waals surface area (Å²) in [5.74, 6) is 1.35. The zero-order chi connectivity index (χ0) is 22.2. The quantitative estimate of drug-likeness (QED) is 0.702. The Morgan fingerprint density at radius 2 is 1.87 bits per heavy atom. The Labute approximate surface area is 182 Å². The molecule has 2 heterocycles. The van der Waals surface area contributed by atoms with Gasteiger partial charge in [-0.05, 0) is 55.2 Å². The topological polar surface area (TPSA) is 97.0 Å². The van der Waals surface area contributed by atoms with E-state index in [1.165, 1.54) is 0 Å². The maximum atomic E-state index is 13.0. The normalized spacial score (nSPS) is 26.2. The van der Waals surface area contributed by atoms with E-state index in [1.54, 1.807) is 0 Å². The lowest BCUT2D eigenvalue weighted by atomic mass is 9.77. The Kier molecular flexibility index (Phi) is 5.81. The molecule has 1 spiro atoms. The number of hydrogen-bond donors (Lipinski definition) is 2. The number of benzene rings is 1. The van der Waals surface area contributed by atoms with E-state index in [9.17, 15) is 14.4 Å². The van der Waals surface area contributed by atoms with E-state index in [2.05, 4.69) is 17.6 Å². The van der Waals surface area contributed by atoms with Crippen LogP contribution in [0.15, 0.2) is 18.2 Å². The van der Waals surface area contributed by atoms with Gasteiger partial charge in [0.05, 0.1) is 6.04 Å². The van der Waals surface area contributed by atoms with Crippen LogP contribution in [0, 0.1) is 11.8 Å². The third-order valence-corrected chi connectivity index (χ3v) is 6.58. The van der Waals surface area contributed by atoms with E-state index in [4.69, 9.17) is 9.47 Å². The molecule has 4 amide bonds. The summed E-state index contributed by atoms with van der Waals surface area (Å²) in [5, 5.41) is 5.86. The van der Waals surface area contributed by atoms with Gasteiger partial charge in [0.2, 0.25) is 5.91 Å². The highest BCUT2D eigenvalue weighted by molar-refractivity contribution is 6.09. The second kappa shape index (κ2) is 8.40. The largest absolute Gasteiger partial charge is 0.486 e. The van der Waals surface area contributed by atoms with E-state index in [0.717, 1.165) is 23.3 Å². The molecule has 0 bridgehead atoms. The first-order valence-corrected chi connectivity index (χ1v) is 11.1. The van der Waals surface area contributed by atoms with Crippen molar-refractivity contribution in [2.24, 2.45) is 11.8 Å². The molecule has 31 heavy (non-hydrogen) atoms. The van der Waals surface area contributed by atoms with Gasteiger partial charge < -0.3 is 20.1 Å². The minimum absolute atomic E-state index is 0.0980. The van der Waals surface area contributed by atoms with E-state index in [-0.39, 0.29) is 30.3 Å². The first-order chi connectivity index (χ1) is 14.8. The molecule has 1 aromatic carbocycles. The molecule has 0 radical (unpaired) electrons. The van der Waals surface area contributed by atoms with Crippen LogP contribution in [-0.4, -0.2) is 48.0 Å². The van der Waals surface area contributed by atoms with Crippen molar-refractivity contribution < 1.29 is 23.9 Å². The summed E-state index contributed by atoms with van der Waals surface area (Å²) in [6, 6.07) is 4.87. The number of carbonyl (C=O) groups excluding carboxylic acids is 3. The van der Waals surface area contributed by atoms with Gasteiger partial charge in [-0.15, -0.1) is 0 Å². The molecular weight excluding hydrogens is 398 g/mol. The zero-order valence-corrected chi connectivity index (χ0v) is 18.4. The van der Waals surface area contributed by atoms with Gasteiger partial charge in [-0.2, -0.15) is 0 Å². The van der Waals surface area contributed by atoms with Gasteiger partial charge in [-0.25, -0.2) is 4.79 Å². The minimum atomic E-state index is -0.836. The van der Waals surface area contributed by atoms with Crippen molar-refractivity contribution in [1.29, 1.82) is 0 Å². The lowest BCUT2D eigenvalue weighted by molar-refractivity contribution is -0.136. The number of nitrogens with one attached hydrogen (secondary N) is 2. The van der Waals surface area contributed by atoms with Gasteiger partial charge in [-0.3, -0.25) is 14.5 Å². The summed E-state index contributed by atoms with van der Waals surface area (Å²) in [6.45, 7) is 6.89. The molecule has 1 aromatic rings. The van der Waals surface area contributed by atoms with E-state index < -0.39 is 11.6 Å². The lowest BCUT2D eigenvalue weighted by Gasteiger charge is -2.33. The molecule has 1 atom stereocenters. The third-order valence-electron chi connectivity index (χ3n) is 6.58.